The van der Waals surface area contributed by atoms with Crippen LogP contribution in [-0.2, 0) is 21.3 Å². The summed E-state index contributed by atoms with van der Waals surface area (Å²) in [5.41, 5.74) is 0.174. The lowest BCUT2D eigenvalue weighted by Crippen LogP contribution is -2.23. The second kappa shape index (κ2) is 6.30. The number of sulfonamides is 1. The van der Waals surface area contributed by atoms with Crippen molar-refractivity contribution >= 4 is 27.6 Å². The highest BCUT2D eigenvalue weighted by Crippen LogP contribution is 2.23. The van der Waals surface area contributed by atoms with Gasteiger partial charge >= 0.3 is 5.97 Å². The van der Waals surface area contributed by atoms with E-state index in [1.807, 2.05) is 0 Å². The molecule has 0 bridgehead atoms. The summed E-state index contributed by atoms with van der Waals surface area (Å²) < 4.78 is 36.2. The lowest BCUT2D eigenvalue weighted by molar-refractivity contribution is 0.0600. The summed E-state index contributed by atoms with van der Waals surface area (Å²) in [6.45, 7) is 0.00438. The summed E-state index contributed by atoms with van der Waals surface area (Å²) in [5, 5.41) is -0.0650. The molecule has 6 nitrogen and oxygen atoms in total. The summed E-state index contributed by atoms with van der Waals surface area (Å²) in [4.78, 5) is 11.2. The first kappa shape index (κ1) is 15.6. The van der Waals surface area contributed by atoms with Crippen LogP contribution in [-0.4, -0.2) is 21.5 Å². The van der Waals surface area contributed by atoms with Crippen LogP contribution in [0.15, 0.2) is 45.9 Å². The maximum atomic E-state index is 12.1. The Hall–Kier alpha value is -1.83. The average molecular weight is 330 g/mol. The highest BCUT2D eigenvalue weighted by molar-refractivity contribution is 7.89. The van der Waals surface area contributed by atoms with Gasteiger partial charge in [-0.15, -0.1) is 0 Å². The number of benzene rings is 1. The van der Waals surface area contributed by atoms with Crippen molar-refractivity contribution in [3.05, 3.63) is 52.9 Å². The standard InChI is InChI=1S/C13H12ClNO5S/c1-19-13(16)9-4-5-12(11(14)7-9)21(17,18)15-8-10-3-2-6-20-10/h2-7,15H,8H2,1H3. The second-order valence-corrected chi connectivity index (χ2v) is 6.18. The monoisotopic (exact) mass is 329 g/mol. The normalized spacial score (nSPS) is 11.3. The number of furan rings is 1. The molecule has 1 aromatic heterocycles. The molecule has 0 saturated heterocycles. The first-order valence-corrected chi connectivity index (χ1v) is 7.70. The van der Waals surface area contributed by atoms with Crippen LogP contribution in [0.4, 0.5) is 0 Å². The van der Waals surface area contributed by atoms with Gasteiger partial charge in [0.1, 0.15) is 10.7 Å². The minimum absolute atomic E-state index is 0.00438. The molecule has 0 spiro atoms. The Morgan fingerprint density at radius 2 is 2.14 bits per heavy atom. The number of ether oxygens (including phenoxy) is 1. The van der Waals surface area contributed by atoms with Crippen LogP contribution in [0.25, 0.3) is 0 Å². The molecule has 0 aliphatic carbocycles. The number of esters is 1. The molecule has 2 aromatic rings. The fraction of sp³-hybridized carbons (Fsp3) is 0.154. The van der Waals surface area contributed by atoms with Gasteiger partial charge in [-0.25, -0.2) is 17.9 Å². The quantitative estimate of drug-likeness (QED) is 0.850. The van der Waals surface area contributed by atoms with Crippen LogP contribution < -0.4 is 4.72 Å². The highest BCUT2D eigenvalue weighted by Gasteiger charge is 2.19. The zero-order valence-corrected chi connectivity index (χ0v) is 12.6. The average Bonchev–Trinajstić information content (AvgIpc) is 2.97. The van der Waals surface area contributed by atoms with Gasteiger partial charge < -0.3 is 9.15 Å². The molecule has 1 heterocycles. The van der Waals surface area contributed by atoms with Crippen molar-refractivity contribution in [1.29, 1.82) is 0 Å². The van der Waals surface area contributed by atoms with Crippen molar-refractivity contribution in [3.8, 4) is 0 Å². The maximum absolute atomic E-state index is 12.1. The van der Waals surface area contributed by atoms with Crippen LogP contribution in [0.1, 0.15) is 16.1 Å². The van der Waals surface area contributed by atoms with Gasteiger partial charge in [-0.05, 0) is 30.3 Å². The Bertz CT molecular complexity index is 740. The van der Waals surface area contributed by atoms with Crippen molar-refractivity contribution in [2.45, 2.75) is 11.4 Å². The molecule has 112 valence electrons. The van der Waals surface area contributed by atoms with E-state index in [1.165, 1.54) is 31.6 Å². The molecule has 0 radical (unpaired) electrons. The van der Waals surface area contributed by atoms with E-state index in [4.69, 9.17) is 16.0 Å². The Morgan fingerprint density at radius 1 is 1.38 bits per heavy atom. The van der Waals surface area contributed by atoms with Crippen molar-refractivity contribution in [1.82, 2.24) is 4.72 Å². The van der Waals surface area contributed by atoms with E-state index in [0.29, 0.717) is 5.76 Å². The molecule has 1 N–H and O–H groups in total. The number of hydrogen-bond donors (Lipinski definition) is 1. The summed E-state index contributed by atoms with van der Waals surface area (Å²) in [6, 6.07) is 7.12. The Kier molecular flexibility index (Phi) is 4.66. The number of hydrogen-bond acceptors (Lipinski definition) is 5. The number of nitrogens with one attached hydrogen (secondary N) is 1. The number of methoxy groups -OCH3 is 1. The molecule has 8 heteroatoms. The largest absolute Gasteiger partial charge is 0.468 e. The molecule has 21 heavy (non-hydrogen) atoms. The van der Waals surface area contributed by atoms with Gasteiger partial charge in [0.2, 0.25) is 10.0 Å². The van der Waals surface area contributed by atoms with Crippen molar-refractivity contribution in [2.75, 3.05) is 7.11 Å². The molecule has 0 aliphatic heterocycles. The predicted octanol–water partition coefficient (Wildman–Crippen LogP) is 2.20. The minimum Gasteiger partial charge on any atom is -0.468 e. The van der Waals surface area contributed by atoms with Crippen LogP contribution in [0, 0.1) is 0 Å². The highest BCUT2D eigenvalue weighted by atomic mass is 35.5. The van der Waals surface area contributed by atoms with Crippen molar-refractivity contribution in [2.24, 2.45) is 0 Å². The summed E-state index contributed by atoms with van der Waals surface area (Å²) in [6.07, 6.45) is 1.45. The van der Waals surface area contributed by atoms with Gasteiger partial charge in [0.25, 0.3) is 0 Å². The first-order valence-electron chi connectivity index (χ1n) is 5.84. The number of rotatable bonds is 5. The topological polar surface area (TPSA) is 85.6 Å². The zero-order chi connectivity index (χ0) is 15.5. The van der Waals surface area contributed by atoms with Gasteiger partial charge in [-0.1, -0.05) is 11.6 Å². The third kappa shape index (κ3) is 3.63. The van der Waals surface area contributed by atoms with E-state index in [2.05, 4.69) is 9.46 Å². The Labute approximate surface area is 126 Å². The molecule has 1 aromatic carbocycles. The van der Waals surface area contributed by atoms with E-state index < -0.39 is 16.0 Å². The van der Waals surface area contributed by atoms with E-state index >= 15 is 0 Å². The molecular weight excluding hydrogens is 318 g/mol. The molecule has 0 fully saturated rings. The number of carbonyl (C=O) groups is 1. The van der Waals surface area contributed by atoms with E-state index in [1.54, 1.807) is 12.1 Å². The molecule has 0 saturated carbocycles. The van der Waals surface area contributed by atoms with Crippen LogP contribution in [0.2, 0.25) is 5.02 Å². The zero-order valence-electron chi connectivity index (χ0n) is 11.0. The first-order chi connectivity index (χ1) is 9.94. The van der Waals surface area contributed by atoms with Gasteiger partial charge in [-0.2, -0.15) is 0 Å². The molecule has 0 amide bonds. The van der Waals surface area contributed by atoms with Gasteiger partial charge in [0.15, 0.2) is 0 Å². The van der Waals surface area contributed by atoms with Gasteiger partial charge in [0, 0.05) is 0 Å². The van der Waals surface area contributed by atoms with Crippen LogP contribution in [0.5, 0.6) is 0 Å². The maximum Gasteiger partial charge on any atom is 0.337 e. The minimum atomic E-state index is -3.81. The summed E-state index contributed by atoms with van der Waals surface area (Å²) in [7, 11) is -2.58. The van der Waals surface area contributed by atoms with Gasteiger partial charge in [0.05, 0.1) is 30.5 Å². The molecule has 0 unspecified atom stereocenters. The predicted molar refractivity (Wildman–Crippen MR) is 75.5 cm³/mol. The fourth-order valence-electron chi connectivity index (χ4n) is 1.62. The lowest BCUT2D eigenvalue weighted by atomic mass is 10.2. The third-order valence-corrected chi connectivity index (χ3v) is 4.54. The summed E-state index contributed by atoms with van der Waals surface area (Å²) in [5.74, 6) is -0.120. The smallest absolute Gasteiger partial charge is 0.337 e. The molecular formula is C13H12ClNO5S. The van der Waals surface area contributed by atoms with Gasteiger partial charge in [-0.3, -0.25) is 0 Å². The number of carbonyl (C=O) groups excluding carboxylic acids is 1. The lowest BCUT2D eigenvalue weighted by Gasteiger charge is -2.08. The van der Waals surface area contributed by atoms with E-state index in [-0.39, 0.29) is 22.0 Å². The molecule has 0 aliphatic rings. The van der Waals surface area contributed by atoms with E-state index in [9.17, 15) is 13.2 Å². The third-order valence-electron chi connectivity index (χ3n) is 2.66. The summed E-state index contributed by atoms with van der Waals surface area (Å²) >= 11 is 5.93. The second-order valence-electron chi connectivity index (χ2n) is 4.04. The Balaban J connectivity index is 2.21. The van der Waals surface area contributed by atoms with Crippen molar-refractivity contribution < 1.29 is 22.4 Å². The Morgan fingerprint density at radius 3 is 2.71 bits per heavy atom. The SMILES string of the molecule is COC(=O)c1ccc(S(=O)(=O)NCc2ccco2)c(Cl)c1. The number of halogens is 1. The van der Waals surface area contributed by atoms with Crippen molar-refractivity contribution in [3.63, 3.8) is 0 Å². The fourth-order valence-corrected chi connectivity index (χ4v) is 3.16. The molecule has 0 atom stereocenters. The van der Waals surface area contributed by atoms with E-state index in [0.717, 1.165) is 0 Å². The van der Waals surface area contributed by atoms with Crippen LogP contribution >= 0.6 is 11.6 Å². The van der Waals surface area contributed by atoms with Crippen LogP contribution in [0.3, 0.4) is 0 Å². The molecule has 2 rings (SSSR count).